The highest BCUT2D eigenvalue weighted by Crippen LogP contribution is 0.766. The number of rotatable bonds is 0. The van der Waals surface area contributed by atoms with Crippen molar-refractivity contribution >= 4 is 0 Å². The SMILES string of the molecule is N=O.N[O]. The Morgan fingerprint density at radius 2 is 1.25 bits per heavy atom. The van der Waals surface area contributed by atoms with Gasteiger partial charge in [-0.25, -0.2) is 0 Å². The second kappa shape index (κ2) is 25.3. The van der Waals surface area contributed by atoms with E-state index in [2.05, 4.69) is 11.5 Å². The summed E-state index contributed by atoms with van der Waals surface area (Å²) in [5.74, 6) is 3.25. The fourth-order valence-corrected chi connectivity index (χ4v) is 0. The minimum atomic E-state index is 3.25. The molecule has 0 saturated carbocycles. The Kier molecular flexibility index (Phi) is 61.1. The Labute approximate surface area is 23.0 Å². The molecule has 1 radical (unpaired) electrons. The fraction of sp³-hybridized carbons (Fsp3) is 0. The summed E-state index contributed by atoms with van der Waals surface area (Å²) in [7, 11) is 0. The van der Waals surface area contributed by atoms with Gasteiger partial charge in [-0.05, 0) is 0 Å². The van der Waals surface area contributed by atoms with Gasteiger partial charge in [0.2, 0.25) is 0 Å². The van der Waals surface area contributed by atoms with Crippen LogP contribution >= 0.6 is 0 Å². The maximum atomic E-state index is 7.75. The van der Waals surface area contributed by atoms with Crippen LogP contribution in [0.15, 0.2) is 0 Å². The molecule has 0 fully saturated rings. The van der Waals surface area contributed by atoms with E-state index in [9.17, 15) is 0 Å². The van der Waals surface area contributed by atoms with Crippen LogP contribution in [0, 0.1) is 10.5 Å². The normalized spacial score (nSPS) is 2.50. The average molecular weight is 63.0 g/mol. The van der Waals surface area contributed by atoms with Crippen LogP contribution in [0.5, 0.6) is 0 Å². The number of hydrogen-bond acceptors (Lipinski definition) is 3. The second-order valence-corrected chi connectivity index (χ2v) is 0. The summed E-state index contributed by atoms with van der Waals surface area (Å²) in [4.78, 5) is 7.50. The van der Waals surface area contributed by atoms with Gasteiger partial charge in [-0.1, -0.05) is 5.59 Å². The summed E-state index contributed by atoms with van der Waals surface area (Å²) >= 11 is 0. The third kappa shape index (κ3) is 1.78. The van der Waals surface area contributed by atoms with E-state index in [0.29, 0.717) is 0 Å². The van der Waals surface area contributed by atoms with Crippen molar-refractivity contribution in [2.45, 2.75) is 0 Å². The summed E-state index contributed by atoms with van der Waals surface area (Å²) in [5.41, 5.74) is 4.50. The van der Waals surface area contributed by atoms with E-state index in [1.807, 2.05) is 0 Å². The lowest BCUT2D eigenvalue weighted by Gasteiger charge is -1.15. The molecule has 0 aliphatic heterocycles. The Morgan fingerprint density at radius 1 is 1.25 bits per heavy atom. The predicted molar refractivity (Wildman–Crippen MR) is 11.0 cm³/mol. The highest BCUT2D eigenvalue weighted by molar-refractivity contribution is 3.63. The molecule has 0 heterocycles. The molecular weight excluding hydrogens is 60.0 g/mol. The van der Waals surface area contributed by atoms with Crippen LogP contribution in [-0.4, -0.2) is 0 Å². The zero-order chi connectivity index (χ0) is 4.00. The summed E-state index contributed by atoms with van der Waals surface area (Å²) < 4.78 is 0. The molecule has 4 heavy (non-hydrogen) atoms. The molecule has 0 unspecified atom stereocenters. The van der Waals surface area contributed by atoms with Crippen molar-refractivity contribution in [2.24, 2.45) is 5.90 Å². The highest BCUT2D eigenvalue weighted by atomic mass is 16.4. The molecule has 3 N–H and O–H groups in total. The van der Waals surface area contributed by atoms with Crippen molar-refractivity contribution < 1.29 is 5.21 Å². The second-order valence-electron chi connectivity index (χ2n) is 0. The topological polar surface area (TPSA) is 86.8 Å². The van der Waals surface area contributed by atoms with Crippen LogP contribution < -0.4 is 5.90 Å². The first-order valence-electron chi connectivity index (χ1n) is 0.440. The van der Waals surface area contributed by atoms with Crippen LogP contribution in [0.1, 0.15) is 0 Å². The van der Waals surface area contributed by atoms with Gasteiger partial charge in [0.05, 0.1) is 0 Å². The average Bonchev–Trinajstić information content (AvgIpc) is 1.50. The van der Waals surface area contributed by atoms with Crippen molar-refractivity contribution in [3.63, 3.8) is 0 Å². The van der Waals surface area contributed by atoms with E-state index in [-0.39, 0.29) is 0 Å². The molecule has 0 aromatic heterocycles. The Bertz CT molecular complexity index is 4.00. The molecular formula is H3N2O2. The zero-order valence-electron chi connectivity index (χ0n) is 1.89. The minimum absolute atomic E-state index is 3.25. The van der Waals surface area contributed by atoms with E-state index in [1.165, 1.54) is 0 Å². The van der Waals surface area contributed by atoms with Gasteiger partial charge in [-0.3, -0.25) is 0 Å². The summed E-state index contributed by atoms with van der Waals surface area (Å²) in [6, 6.07) is 0. The Morgan fingerprint density at radius 3 is 1.25 bits per heavy atom. The first-order chi connectivity index (χ1) is 2.00. The monoisotopic (exact) mass is 63.0 g/mol. The van der Waals surface area contributed by atoms with Crippen molar-refractivity contribution in [3.8, 4) is 0 Å². The van der Waals surface area contributed by atoms with E-state index in [0.717, 1.165) is 0 Å². The maximum Gasteiger partial charge on any atom is -0.0850 e. The molecule has 0 rings (SSSR count). The number of nitrogens with one attached hydrogen (secondary N) is 1. The smallest absolute Gasteiger partial charge is 0.0850 e. The first kappa shape index (κ1) is 9.68. The molecule has 0 atom stereocenters. The van der Waals surface area contributed by atoms with Gasteiger partial charge in [0.25, 0.3) is 0 Å². The quantitative estimate of drug-likeness (QED) is 0.296. The molecule has 0 aliphatic carbocycles. The molecule has 0 aromatic rings. The lowest BCUT2D eigenvalue weighted by atomic mass is 13.6. The largest absolute Gasteiger partial charge is 0.181 e. The number of nitroso groups, excluding NO2 is 1. The zero-order valence-corrected chi connectivity index (χ0v) is 1.89. The van der Waals surface area contributed by atoms with Crippen LogP contribution in [0.3, 0.4) is 0 Å². The van der Waals surface area contributed by atoms with Gasteiger partial charge in [0, 0.05) is 0 Å². The summed E-state index contributed by atoms with van der Waals surface area (Å²) in [5, 5.41) is 7.75. The third-order valence-electron chi connectivity index (χ3n) is 0. The van der Waals surface area contributed by atoms with E-state index in [1.54, 1.807) is 0 Å². The predicted octanol–water partition coefficient (Wildman–Crippen LogP) is -0.378. The standard InChI is InChI=1S/H2NO.HNO/c2*1-2/h1H2;1H. The van der Waals surface area contributed by atoms with Crippen LogP contribution in [0.4, 0.5) is 0 Å². The van der Waals surface area contributed by atoms with Crippen molar-refractivity contribution in [3.05, 3.63) is 4.91 Å². The number of nitrogens with two attached hydrogens (primary N) is 1. The lowest BCUT2D eigenvalue weighted by Crippen LogP contribution is -1.67. The van der Waals surface area contributed by atoms with Gasteiger partial charge >= 0.3 is 0 Å². The third-order valence-corrected chi connectivity index (χ3v) is 0. The molecule has 0 bridgehead atoms. The highest BCUT2D eigenvalue weighted by Gasteiger charge is 0.846. The molecule has 25 valence electrons. The van der Waals surface area contributed by atoms with E-state index in [4.69, 9.17) is 10.1 Å². The number of hydrogen-bond donors (Lipinski definition) is 2. The van der Waals surface area contributed by atoms with Gasteiger partial charge in [0.15, 0.2) is 0 Å². The summed E-state index contributed by atoms with van der Waals surface area (Å²) in [6.45, 7) is 0. The molecule has 0 saturated heterocycles. The van der Waals surface area contributed by atoms with Gasteiger partial charge < -0.3 is 0 Å². The van der Waals surface area contributed by atoms with Gasteiger partial charge in [-0.2, -0.15) is 10.8 Å². The first-order valence-corrected chi connectivity index (χ1v) is 0.440. The minimum Gasteiger partial charge on any atom is -0.181 e. The van der Waals surface area contributed by atoms with Crippen LogP contribution in [0.2, 0.25) is 0 Å². The molecule has 0 spiro atoms. The van der Waals surface area contributed by atoms with E-state index < -0.39 is 0 Å². The van der Waals surface area contributed by atoms with Crippen molar-refractivity contribution in [1.82, 2.24) is 0 Å². The van der Waals surface area contributed by atoms with Gasteiger partial charge in [-0.15, -0.1) is 5.21 Å². The molecule has 0 aromatic carbocycles. The molecule has 0 aliphatic rings. The fourth-order valence-electron chi connectivity index (χ4n) is 0. The molecule has 0 amide bonds. The molecule has 4 heteroatoms. The lowest BCUT2D eigenvalue weighted by molar-refractivity contribution is 0.201. The maximum absolute atomic E-state index is 7.75. The van der Waals surface area contributed by atoms with Crippen molar-refractivity contribution in [1.29, 1.82) is 5.59 Å². The molecule has 4 nitrogen and oxygen atoms in total. The van der Waals surface area contributed by atoms with Crippen LogP contribution in [-0.2, 0) is 5.21 Å². The van der Waals surface area contributed by atoms with Crippen molar-refractivity contribution in [2.75, 3.05) is 0 Å². The Hall–Kier alpha value is -0.480. The van der Waals surface area contributed by atoms with E-state index >= 15 is 0 Å². The Balaban J connectivity index is 0. The summed E-state index contributed by atoms with van der Waals surface area (Å²) in [6.07, 6.45) is 0. The van der Waals surface area contributed by atoms with Crippen LogP contribution in [0.25, 0.3) is 0 Å². The van der Waals surface area contributed by atoms with Gasteiger partial charge in [0.1, 0.15) is 0 Å².